The molecule has 0 saturated carbocycles. The van der Waals surface area contributed by atoms with Crippen LogP contribution < -0.4 is 0 Å². The Hall–Kier alpha value is -6.46. The molecule has 0 N–H and O–H groups in total. The zero-order valence-electron chi connectivity index (χ0n) is 24.8. The van der Waals surface area contributed by atoms with E-state index in [2.05, 4.69) is 103 Å². The van der Waals surface area contributed by atoms with Crippen molar-refractivity contribution in [1.82, 2.24) is 9.97 Å². The highest BCUT2D eigenvalue weighted by Crippen LogP contribution is 2.41. The van der Waals surface area contributed by atoms with Crippen LogP contribution in [0.25, 0.3) is 110 Å². The number of hydrogen-bond acceptors (Lipinski definition) is 5. The molecule has 0 unspecified atom stereocenters. The Labute approximate surface area is 266 Å². The van der Waals surface area contributed by atoms with Gasteiger partial charge in [0.1, 0.15) is 33.4 Å². The van der Waals surface area contributed by atoms with Gasteiger partial charge in [-0.05, 0) is 46.7 Å². The third-order valence-electron chi connectivity index (χ3n) is 9.55. The van der Waals surface area contributed by atoms with Crippen LogP contribution in [-0.2, 0) is 0 Å². The van der Waals surface area contributed by atoms with Crippen molar-refractivity contribution >= 4 is 87.6 Å². The standard InChI is InChI=1S/C42H22N2O3/c1-3-9-26-23(7-1)15-18-31-29-12-5-11-28(40(29)46-38(26)31)25-17-20-36-34(21-25)37-42(45-36)43-22-35(44-37)33-14-6-13-30-32-19-16-24-8-2-4-10-27(24)39(32)47-41(30)33/h1-22H. The van der Waals surface area contributed by atoms with Gasteiger partial charge in [0.05, 0.1) is 11.9 Å². The fourth-order valence-electron chi connectivity index (χ4n) is 7.32. The Balaban J connectivity index is 1.11. The Morgan fingerprint density at radius 3 is 1.72 bits per heavy atom. The van der Waals surface area contributed by atoms with Crippen molar-refractivity contribution in [3.8, 4) is 22.4 Å². The van der Waals surface area contributed by atoms with Crippen LogP contribution >= 0.6 is 0 Å². The lowest BCUT2D eigenvalue weighted by atomic mass is 10.0. The molecule has 5 heteroatoms. The van der Waals surface area contributed by atoms with Crippen LogP contribution in [0.5, 0.6) is 0 Å². The molecule has 0 radical (unpaired) electrons. The maximum absolute atomic E-state index is 6.64. The van der Waals surface area contributed by atoms with E-state index in [1.165, 1.54) is 0 Å². The van der Waals surface area contributed by atoms with Crippen LogP contribution in [0.1, 0.15) is 0 Å². The third kappa shape index (κ3) is 3.43. The number of para-hydroxylation sites is 2. The summed E-state index contributed by atoms with van der Waals surface area (Å²) >= 11 is 0. The summed E-state index contributed by atoms with van der Waals surface area (Å²) in [6.07, 6.45) is 1.77. The lowest BCUT2D eigenvalue weighted by Gasteiger charge is -2.03. The van der Waals surface area contributed by atoms with Gasteiger partial charge in [-0.15, -0.1) is 0 Å². The molecule has 11 rings (SSSR count). The summed E-state index contributed by atoms with van der Waals surface area (Å²) in [6.45, 7) is 0. The zero-order chi connectivity index (χ0) is 30.6. The Bertz CT molecular complexity index is 2880. The Morgan fingerprint density at radius 1 is 0.426 bits per heavy atom. The number of hydrogen-bond donors (Lipinski definition) is 0. The molecule has 0 fully saturated rings. The maximum Gasteiger partial charge on any atom is 0.246 e. The van der Waals surface area contributed by atoms with Crippen molar-refractivity contribution in [2.24, 2.45) is 0 Å². The molecule has 0 bridgehead atoms. The predicted molar refractivity (Wildman–Crippen MR) is 190 cm³/mol. The predicted octanol–water partition coefficient (Wildman–Crippen LogP) is 11.8. The molecule has 7 aromatic carbocycles. The number of rotatable bonds is 2. The van der Waals surface area contributed by atoms with Gasteiger partial charge in [-0.1, -0.05) is 97.1 Å². The molecule has 0 aliphatic heterocycles. The second kappa shape index (κ2) is 9.05. The molecular formula is C42H22N2O3. The highest BCUT2D eigenvalue weighted by molar-refractivity contribution is 6.19. The topological polar surface area (TPSA) is 65.2 Å². The van der Waals surface area contributed by atoms with Crippen molar-refractivity contribution in [2.45, 2.75) is 0 Å². The quantitative estimate of drug-likeness (QED) is 0.197. The van der Waals surface area contributed by atoms with Crippen LogP contribution in [0.4, 0.5) is 0 Å². The van der Waals surface area contributed by atoms with Gasteiger partial charge in [-0.25, -0.2) is 9.97 Å². The summed E-state index contributed by atoms with van der Waals surface area (Å²) < 4.78 is 19.4. The zero-order valence-corrected chi connectivity index (χ0v) is 24.8. The first kappa shape index (κ1) is 24.8. The maximum atomic E-state index is 6.64. The van der Waals surface area contributed by atoms with E-state index in [0.29, 0.717) is 11.2 Å². The van der Waals surface area contributed by atoms with Gasteiger partial charge >= 0.3 is 0 Å². The van der Waals surface area contributed by atoms with E-state index >= 15 is 0 Å². The second-order valence-corrected chi connectivity index (χ2v) is 12.1. The van der Waals surface area contributed by atoms with Crippen LogP contribution in [0, 0.1) is 0 Å². The monoisotopic (exact) mass is 602 g/mol. The molecule has 0 aliphatic carbocycles. The van der Waals surface area contributed by atoms with Crippen LogP contribution in [0.15, 0.2) is 147 Å². The van der Waals surface area contributed by atoms with Gasteiger partial charge in [-0.2, -0.15) is 0 Å². The van der Waals surface area contributed by atoms with Crippen LogP contribution in [0.3, 0.4) is 0 Å². The van der Waals surface area contributed by atoms with E-state index in [1.807, 2.05) is 24.3 Å². The summed E-state index contributed by atoms with van der Waals surface area (Å²) in [4.78, 5) is 9.87. The van der Waals surface area contributed by atoms with E-state index in [-0.39, 0.29) is 0 Å². The van der Waals surface area contributed by atoms with E-state index in [0.717, 1.165) is 98.8 Å². The summed E-state index contributed by atoms with van der Waals surface area (Å²) in [7, 11) is 0. The lowest BCUT2D eigenvalue weighted by molar-refractivity contribution is 0.653. The SMILES string of the molecule is c1ccc2c(c1)ccc1c3cccc(-c4ccc5oc6ncc(-c7cccc8c7oc7c9ccccc9ccc87)nc6c5c4)c3oc21. The lowest BCUT2D eigenvalue weighted by Crippen LogP contribution is -1.87. The van der Waals surface area contributed by atoms with E-state index < -0.39 is 0 Å². The third-order valence-corrected chi connectivity index (χ3v) is 9.55. The second-order valence-electron chi connectivity index (χ2n) is 12.1. The van der Waals surface area contributed by atoms with Gasteiger partial charge in [0.2, 0.25) is 5.71 Å². The van der Waals surface area contributed by atoms with E-state index in [9.17, 15) is 0 Å². The van der Waals surface area contributed by atoms with Crippen molar-refractivity contribution < 1.29 is 13.3 Å². The van der Waals surface area contributed by atoms with Crippen LogP contribution in [-0.4, -0.2) is 9.97 Å². The summed E-state index contributed by atoms with van der Waals surface area (Å²) in [6, 6.07) is 44.0. The van der Waals surface area contributed by atoms with Crippen molar-refractivity contribution in [2.75, 3.05) is 0 Å². The molecule has 0 saturated heterocycles. The van der Waals surface area contributed by atoms with Gasteiger partial charge in [0.15, 0.2) is 0 Å². The smallest absolute Gasteiger partial charge is 0.246 e. The minimum absolute atomic E-state index is 0.497. The minimum Gasteiger partial charge on any atom is -0.455 e. The summed E-state index contributed by atoms with van der Waals surface area (Å²) in [5.74, 6) is 0. The highest BCUT2D eigenvalue weighted by atomic mass is 16.3. The number of fused-ring (bicyclic) bond motifs is 13. The first-order valence-electron chi connectivity index (χ1n) is 15.6. The molecule has 0 aliphatic rings. The first-order chi connectivity index (χ1) is 23.3. The Kier molecular flexibility index (Phi) is 4.78. The van der Waals surface area contributed by atoms with Crippen molar-refractivity contribution in [3.05, 3.63) is 134 Å². The van der Waals surface area contributed by atoms with Crippen LogP contribution in [0.2, 0.25) is 0 Å². The molecule has 0 spiro atoms. The normalized spacial score (nSPS) is 12.3. The highest BCUT2D eigenvalue weighted by Gasteiger charge is 2.19. The molecule has 0 atom stereocenters. The molecule has 5 nitrogen and oxygen atoms in total. The fraction of sp³-hybridized carbons (Fsp3) is 0. The minimum atomic E-state index is 0.497. The summed E-state index contributed by atoms with van der Waals surface area (Å²) in [5, 5.41) is 9.74. The average molecular weight is 603 g/mol. The van der Waals surface area contributed by atoms with E-state index in [4.69, 9.17) is 23.2 Å². The van der Waals surface area contributed by atoms with Gasteiger partial charge in [-0.3, -0.25) is 0 Å². The Morgan fingerprint density at radius 2 is 1.02 bits per heavy atom. The van der Waals surface area contributed by atoms with Gasteiger partial charge in [0.25, 0.3) is 0 Å². The van der Waals surface area contributed by atoms with E-state index in [1.54, 1.807) is 6.20 Å². The molecule has 47 heavy (non-hydrogen) atoms. The molecule has 4 aromatic heterocycles. The number of nitrogens with zero attached hydrogens (tertiary/aromatic N) is 2. The molecule has 0 amide bonds. The molecule has 4 heterocycles. The fourth-order valence-corrected chi connectivity index (χ4v) is 7.32. The molecule has 218 valence electrons. The van der Waals surface area contributed by atoms with Crippen molar-refractivity contribution in [1.29, 1.82) is 0 Å². The molecule has 11 aromatic rings. The molecular weight excluding hydrogens is 580 g/mol. The van der Waals surface area contributed by atoms with Gasteiger partial charge < -0.3 is 13.3 Å². The van der Waals surface area contributed by atoms with Crippen molar-refractivity contribution in [3.63, 3.8) is 0 Å². The number of furan rings is 3. The first-order valence-corrected chi connectivity index (χ1v) is 15.6. The summed E-state index contributed by atoms with van der Waals surface area (Å²) in [5.41, 5.74) is 9.04. The average Bonchev–Trinajstić information content (AvgIpc) is 3.82. The van der Waals surface area contributed by atoms with Gasteiger partial charge in [0, 0.05) is 48.8 Å². The number of aromatic nitrogens is 2. The number of benzene rings is 7. The largest absolute Gasteiger partial charge is 0.455 e.